The van der Waals surface area contributed by atoms with Crippen LogP contribution >= 0.6 is 0 Å². The molecule has 0 aliphatic heterocycles. The van der Waals surface area contributed by atoms with E-state index in [-0.39, 0.29) is 12.1 Å². The fourth-order valence-corrected chi connectivity index (χ4v) is 0.764. The maximum absolute atomic E-state index is 8.03. The van der Waals surface area contributed by atoms with E-state index in [1.807, 2.05) is 0 Å². The Bertz CT molecular complexity index is 177. The van der Waals surface area contributed by atoms with Crippen LogP contribution in [0.25, 0.3) is 20.9 Å². The van der Waals surface area contributed by atoms with E-state index in [2.05, 4.69) is 20.1 Å². The van der Waals surface area contributed by atoms with Gasteiger partial charge in [-0.05, 0) is 17.5 Å². The second-order valence-corrected chi connectivity index (χ2v) is 2.34. The van der Waals surface area contributed by atoms with Crippen LogP contribution in [0.3, 0.4) is 0 Å². The van der Waals surface area contributed by atoms with Crippen LogP contribution in [-0.4, -0.2) is 12.1 Å². The van der Waals surface area contributed by atoms with Crippen LogP contribution in [0.5, 0.6) is 0 Å². The minimum absolute atomic E-state index is 0.111. The molecule has 0 heterocycles. The molecule has 0 saturated heterocycles. The maximum Gasteiger partial charge on any atom is 0.0349 e. The molecule has 6 heteroatoms. The van der Waals surface area contributed by atoms with Gasteiger partial charge in [-0.1, -0.05) is 24.1 Å². The summed E-state index contributed by atoms with van der Waals surface area (Å²) in [5.41, 5.74) is 16.1. The van der Waals surface area contributed by atoms with Gasteiger partial charge in [0.2, 0.25) is 0 Å². The second-order valence-electron chi connectivity index (χ2n) is 2.34. The number of azide groups is 2. The Morgan fingerprint density at radius 3 is 1.73 bits per heavy atom. The third-order valence-electron chi connectivity index (χ3n) is 1.18. The summed E-state index contributed by atoms with van der Waals surface area (Å²) in [6.45, 7) is 3.56. The van der Waals surface area contributed by atoms with Gasteiger partial charge in [-0.3, -0.25) is 0 Å². The van der Waals surface area contributed by atoms with Crippen molar-refractivity contribution in [3.05, 3.63) is 20.9 Å². The maximum atomic E-state index is 8.03. The lowest BCUT2D eigenvalue weighted by molar-refractivity contribution is 0.575. The summed E-state index contributed by atoms with van der Waals surface area (Å²) >= 11 is 0. The van der Waals surface area contributed by atoms with Crippen molar-refractivity contribution in [3.8, 4) is 0 Å². The van der Waals surface area contributed by atoms with Crippen LogP contribution in [0.1, 0.15) is 20.3 Å². The Kier molecular flexibility index (Phi) is 4.73. The van der Waals surface area contributed by atoms with E-state index in [1.54, 1.807) is 13.8 Å². The van der Waals surface area contributed by atoms with E-state index in [0.29, 0.717) is 6.42 Å². The van der Waals surface area contributed by atoms with Crippen LogP contribution in [0.15, 0.2) is 10.2 Å². The summed E-state index contributed by atoms with van der Waals surface area (Å²) in [4.78, 5) is 5.28. The molecule has 0 aliphatic rings. The van der Waals surface area contributed by atoms with Gasteiger partial charge in [0.05, 0.1) is 0 Å². The quantitative estimate of drug-likeness (QED) is 0.338. The summed E-state index contributed by atoms with van der Waals surface area (Å²) in [5, 5.41) is 6.89. The molecule has 2 atom stereocenters. The fourth-order valence-electron chi connectivity index (χ4n) is 0.764. The smallest absolute Gasteiger partial charge is 0.0349 e. The number of hydrogen-bond donors (Lipinski definition) is 0. The molecule has 0 aromatic rings. The lowest BCUT2D eigenvalue weighted by Gasteiger charge is -2.05. The predicted molar refractivity (Wildman–Crippen MR) is 41.8 cm³/mol. The van der Waals surface area contributed by atoms with Crippen LogP contribution in [0.4, 0.5) is 0 Å². The molecule has 0 spiro atoms. The summed E-state index contributed by atoms with van der Waals surface area (Å²) in [6, 6.07) is -0.221. The predicted octanol–water partition coefficient (Wildman–Crippen LogP) is 2.77. The molecule has 0 aromatic heterocycles. The van der Waals surface area contributed by atoms with Crippen LogP contribution < -0.4 is 0 Å². The first-order valence-electron chi connectivity index (χ1n) is 3.29. The zero-order valence-electron chi connectivity index (χ0n) is 6.55. The lowest BCUT2D eigenvalue weighted by Crippen LogP contribution is -2.06. The van der Waals surface area contributed by atoms with Crippen molar-refractivity contribution in [2.45, 2.75) is 32.4 Å². The minimum Gasteiger partial charge on any atom is -0.0909 e. The minimum atomic E-state index is -0.111. The van der Waals surface area contributed by atoms with Crippen molar-refractivity contribution >= 4 is 0 Å². The zero-order chi connectivity index (χ0) is 8.69. The van der Waals surface area contributed by atoms with E-state index in [9.17, 15) is 0 Å². The molecule has 0 unspecified atom stereocenters. The number of nitrogens with zero attached hydrogens (tertiary/aromatic N) is 6. The highest BCUT2D eigenvalue weighted by Crippen LogP contribution is 2.04. The monoisotopic (exact) mass is 154 g/mol. The van der Waals surface area contributed by atoms with Crippen molar-refractivity contribution in [1.82, 2.24) is 0 Å². The first-order chi connectivity index (χ1) is 5.20. The number of rotatable bonds is 4. The molecule has 11 heavy (non-hydrogen) atoms. The SMILES string of the molecule is C[C@@H](C[C@H](C)N=[N+]=[N-])N=[N+]=[N-]. The molecular formula is C5H10N6. The van der Waals surface area contributed by atoms with Gasteiger partial charge >= 0.3 is 0 Å². The molecule has 0 N–H and O–H groups in total. The summed E-state index contributed by atoms with van der Waals surface area (Å²) < 4.78 is 0. The number of hydrogen-bond acceptors (Lipinski definition) is 2. The van der Waals surface area contributed by atoms with Gasteiger partial charge in [0, 0.05) is 21.9 Å². The van der Waals surface area contributed by atoms with Crippen molar-refractivity contribution in [2.75, 3.05) is 0 Å². The molecule has 0 saturated carbocycles. The van der Waals surface area contributed by atoms with Gasteiger partial charge in [-0.15, -0.1) is 0 Å². The molecular weight excluding hydrogens is 144 g/mol. The lowest BCUT2D eigenvalue weighted by atomic mass is 10.1. The van der Waals surface area contributed by atoms with E-state index < -0.39 is 0 Å². The Labute approximate surface area is 64.5 Å². The molecule has 6 nitrogen and oxygen atoms in total. The molecule has 0 aliphatic carbocycles. The molecule has 0 radical (unpaired) electrons. The van der Waals surface area contributed by atoms with Gasteiger partial charge in [0.15, 0.2) is 0 Å². The fraction of sp³-hybridized carbons (Fsp3) is 1.00. The zero-order valence-corrected chi connectivity index (χ0v) is 6.55. The highest BCUT2D eigenvalue weighted by Gasteiger charge is 2.03. The van der Waals surface area contributed by atoms with Crippen LogP contribution in [0, 0.1) is 0 Å². The van der Waals surface area contributed by atoms with Gasteiger partial charge in [-0.2, -0.15) is 0 Å². The van der Waals surface area contributed by atoms with E-state index >= 15 is 0 Å². The Hall–Kier alpha value is -1.38. The third kappa shape index (κ3) is 5.08. The van der Waals surface area contributed by atoms with E-state index in [1.165, 1.54) is 0 Å². The van der Waals surface area contributed by atoms with Gasteiger partial charge < -0.3 is 0 Å². The Balaban J connectivity index is 3.83. The average molecular weight is 154 g/mol. The van der Waals surface area contributed by atoms with Crippen molar-refractivity contribution < 1.29 is 0 Å². The molecule has 60 valence electrons. The molecule has 0 fully saturated rings. The highest BCUT2D eigenvalue weighted by atomic mass is 15.2. The molecule has 0 bridgehead atoms. The standard InChI is InChI=1S/C5H10N6/c1-4(8-10-6)3-5(2)9-11-7/h4-5H,3H2,1-2H3/t4-,5-/m0/s1. The van der Waals surface area contributed by atoms with Gasteiger partial charge in [0.1, 0.15) is 0 Å². The molecule has 0 rings (SSSR count). The van der Waals surface area contributed by atoms with Crippen LogP contribution in [0.2, 0.25) is 0 Å². The summed E-state index contributed by atoms with van der Waals surface area (Å²) in [6.07, 6.45) is 0.591. The second kappa shape index (κ2) is 5.41. The molecule has 0 aromatic carbocycles. The van der Waals surface area contributed by atoms with Gasteiger partial charge in [0.25, 0.3) is 0 Å². The Morgan fingerprint density at radius 2 is 1.45 bits per heavy atom. The third-order valence-corrected chi connectivity index (χ3v) is 1.18. The summed E-state index contributed by atoms with van der Waals surface area (Å²) in [5.74, 6) is 0. The van der Waals surface area contributed by atoms with Crippen molar-refractivity contribution in [1.29, 1.82) is 0 Å². The Morgan fingerprint density at radius 1 is 1.09 bits per heavy atom. The van der Waals surface area contributed by atoms with Crippen LogP contribution in [-0.2, 0) is 0 Å². The highest BCUT2D eigenvalue weighted by molar-refractivity contribution is 4.69. The largest absolute Gasteiger partial charge is 0.0909 e. The summed E-state index contributed by atoms with van der Waals surface area (Å²) in [7, 11) is 0. The normalized spacial score (nSPS) is 14.0. The topological polar surface area (TPSA) is 97.5 Å². The molecule has 0 amide bonds. The van der Waals surface area contributed by atoms with E-state index in [4.69, 9.17) is 11.1 Å². The average Bonchev–Trinajstić information content (AvgIpc) is 1.87. The van der Waals surface area contributed by atoms with Crippen molar-refractivity contribution in [2.24, 2.45) is 10.2 Å². The van der Waals surface area contributed by atoms with Crippen molar-refractivity contribution in [3.63, 3.8) is 0 Å². The first-order valence-corrected chi connectivity index (χ1v) is 3.29. The first kappa shape index (κ1) is 9.62. The van der Waals surface area contributed by atoms with Gasteiger partial charge in [-0.25, -0.2) is 0 Å². The van der Waals surface area contributed by atoms with E-state index in [0.717, 1.165) is 0 Å².